The van der Waals surface area contributed by atoms with Gasteiger partial charge in [-0.05, 0) is 13.3 Å². The van der Waals surface area contributed by atoms with Crippen LogP contribution in [0.25, 0.3) is 0 Å². The van der Waals surface area contributed by atoms with E-state index in [0.717, 1.165) is 13.1 Å². The van der Waals surface area contributed by atoms with Crippen LogP contribution in [0.3, 0.4) is 0 Å². The predicted molar refractivity (Wildman–Crippen MR) is 82.5 cm³/mol. The average Bonchev–Trinajstić information content (AvgIpc) is 2.58. The van der Waals surface area contributed by atoms with Gasteiger partial charge in [-0.25, -0.2) is 0 Å². The molecule has 0 bridgehead atoms. The molecule has 1 fully saturated rings. The minimum Gasteiger partial charge on any atom is -0.329 e. The fraction of sp³-hybridized carbons (Fsp3) is 0.786. The molecule has 0 aliphatic carbocycles. The lowest BCUT2D eigenvalue weighted by atomic mass is 10.0. The summed E-state index contributed by atoms with van der Waals surface area (Å²) in [5.41, 5.74) is 8.56. The molecule has 0 aromatic carbocycles. The SMILES string of the molecule is Cc1c(C(CN)N2CCSC(C)(C)CC2)cnn1C. The zero-order chi connectivity index (χ0) is 14.0. The summed E-state index contributed by atoms with van der Waals surface area (Å²) in [6.07, 6.45) is 3.20. The molecule has 19 heavy (non-hydrogen) atoms. The quantitative estimate of drug-likeness (QED) is 0.920. The Kier molecular flexibility index (Phi) is 4.58. The van der Waals surface area contributed by atoms with Crippen LogP contribution in [0.15, 0.2) is 6.20 Å². The summed E-state index contributed by atoms with van der Waals surface area (Å²) in [5, 5.41) is 4.36. The normalized spacial score (nSPS) is 22.2. The molecule has 4 nitrogen and oxygen atoms in total. The van der Waals surface area contributed by atoms with E-state index < -0.39 is 0 Å². The van der Waals surface area contributed by atoms with Gasteiger partial charge in [-0.15, -0.1) is 0 Å². The Morgan fingerprint density at radius 1 is 1.47 bits per heavy atom. The summed E-state index contributed by atoms with van der Waals surface area (Å²) in [4.78, 5) is 2.53. The molecule has 0 saturated carbocycles. The number of aromatic nitrogens is 2. The van der Waals surface area contributed by atoms with Crippen LogP contribution in [-0.2, 0) is 7.05 Å². The molecular weight excluding hydrogens is 256 g/mol. The number of thioether (sulfide) groups is 1. The summed E-state index contributed by atoms with van der Waals surface area (Å²) in [5.74, 6) is 1.18. The maximum Gasteiger partial charge on any atom is 0.0540 e. The lowest BCUT2D eigenvalue weighted by Gasteiger charge is -2.30. The van der Waals surface area contributed by atoms with Crippen molar-refractivity contribution < 1.29 is 0 Å². The summed E-state index contributed by atoms with van der Waals surface area (Å²) >= 11 is 2.07. The molecule has 108 valence electrons. The highest BCUT2D eigenvalue weighted by Crippen LogP contribution is 2.33. The molecule has 1 aromatic heterocycles. The van der Waals surface area contributed by atoms with Gasteiger partial charge in [0.1, 0.15) is 0 Å². The van der Waals surface area contributed by atoms with Crippen molar-refractivity contribution in [3.05, 3.63) is 17.5 Å². The molecular formula is C14H26N4S. The molecule has 1 unspecified atom stereocenters. The zero-order valence-corrected chi connectivity index (χ0v) is 13.3. The van der Waals surface area contributed by atoms with Gasteiger partial charge in [-0.2, -0.15) is 16.9 Å². The Bertz CT molecular complexity index is 427. The maximum absolute atomic E-state index is 6.05. The first-order valence-corrected chi connectivity index (χ1v) is 8.00. The second kappa shape index (κ2) is 5.85. The van der Waals surface area contributed by atoms with Crippen LogP contribution in [0.2, 0.25) is 0 Å². The average molecular weight is 282 g/mol. The van der Waals surface area contributed by atoms with Crippen molar-refractivity contribution in [3.8, 4) is 0 Å². The molecule has 2 heterocycles. The molecule has 5 heteroatoms. The van der Waals surface area contributed by atoms with Crippen molar-refractivity contribution >= 4 is 11.8 Å². The van der Waals surface area contributed by atoms with Crippen molar-refractivity contribution in [2.75, 3.05) is 25.4 Å². The summed E-state index contributed by atoms with van der Waals surface area (Å²) < 4.78 is 2.33. The van der Waals surface area contributed by atoms with Crippen LogP contribution in [0, 0.1) is 6.92 Å². The number of hydrogen-bond acceptors (Lipinski definition) is 4. The minimum absolute atomic E-state index is 0.309. The van der Waals surface area contributed by atoms with Gasteiger partial charge in [0.15, 0.2) is 0 Å². The van der Waals surface area contributed by atoms with E-state index in [1.54, 1.807) is 0 Å². The first kappa shape index (κ1) is 14.9. The Hall–Kier alpha value is -0.520. The highest BCUT2D eigenvalue weighted by molar-refractivity contribution is 8.00. The van der Waals surface area contributed by atoms with E-state index in [1.165, 1.54) is 23.4 Å². The molecule has 2 N–H and O–H groups in total. The topological polar surface area (TPSA) is 47.1 Å². The number of nitrogens with zero attached hydrogens (tertiary/aromatic N) is 3. The van der Waals surface area contributed by atoms with Crippen LogP contribution in [0.4, 0.5) is 0 Å². The molecule has 0 spiro atoms. The third kappa shape index (κ3) is 3.33. The summed E-state index contributed by atoms with van der Waals surface area (Å²) in [6, 6.07) is 0.309. The first-order valence-electron chi connectivity index (χ1n) is 7.01. The van der Waals surface area contributed by atoms with Gasteiger partial charge in [0.05, 0.1) is 12.2 Å². The Morgan fingerprint density at radius 3 is 2.79 bits per heavy atom. The maximum atomic E-state index is 6.05. The van der Waals surface area contributed by atoms with Crippen LogP contribution >= 0.6 is 11.8 Å². The summed E-state index contributed by atoms with van der Waals surface area (Å²) in [6.45, 7) is 9.71. The Labute approximate surface area is 120 Å². The monoisotopic (exact) mass is 282 g/mol. The second-order valence-electron chi connectivity index (χ2n) is 5.95. The van der Waals surface area contributed by atoms with E-state index in [9.17, 15) is 0 Å². The van der Waals surface area contributed by atoms with Gasteiger partial charge < -0.3 is 5.73 Å². The van der Waals surface area contributed by atoms with Crippen LogP contribution in [0.5, 0.6) is 0 Å². The molecule has 2 rings (SSSR count). The molecule has 0 radical (unpaired) electrons. The fourth-order valence-electron chi connectivity index (χ4n) is 2.66. The molecule has 1 aliphatic heterocycles. The molecule has 1 atom stereocenters. The van der Waals surface area contributed by atoms with Gasteiger partial charge in [0.25, 0.3) is 0 Å². The van der Waals surface area contributed by atoms with E-state index >= 15 is 0 Å². The lowest BCUT2D eigenvalue weighted by molar-refractivity contribution is 0.210. The van der Waals surface area contributed by atoms with Crippen molar-refractivity contribution in [1.29, 1.82) is 0 Å². The highest BCUT2D eigenvalue weighted by Gasteiger charge is 2.28. The van der Waals surface area contributed by atoms with E-state index in [2.05, 4.69) is 42.5 Å². The zero-order valence-electron chi connectivity index (χ0n) is 12.5. The van der Waals surface area contributed by atoms with Crippen LogP contribution in [-0.4, -0.2) is 44.8 Å². The van der Waals surface area contributed by atoms with Gasteiger partial charge in [-0.3, -0.25) is 9.58 Å². The molecule has 1 aliphatic rings. The number of aryl methyl sites for hydroxylation is 1. The van der Waals surface area contributed by atoms with Crippen molar-refractivity contribution in [1.82, 2.24) is 14.7 Å². The van der Waals surface area contributed by atoms with E-state index in [0.29, 0.717) is 17.3 Å². The standard InChI is InChI=1S/C14H26N4S/c1-11-12(10-16-17(11)4)13(9-15)18-6-5-14(2,3)19-8-7-18/h10,13H,5-9,15H2,1-4H3. The summed E-state index contributed by atoms with van der Waals surface area (Å²) in [7, 11) is 1.99. The van der Waals surface area contributed by atoms with Crippen molar-refractivity contribution in [3.63, 3.8) is 0 Å². The van der Waals surface area contributed by atoms with Crippen LogP contribution < -0.4 is 5.73 Å². The van der Waals surface area contributed by atoms with Crippen LogP contribution in [0.1, 0.15) is 37.6 Å². The lowest BCUT2D eigenvalue weighted by Crippen LogP contribution is -2.36. The number of rotatable bonds is 3. The first-order chi connectivity index (χ1) is 8.94. The van der Waals surface area contributed by atoms with E-state index in [4.69, 9.17) is 5.73 Å². The smallest absolute Gasteiger partial charge is 0.0540 e. The van der Waals surface area contributed by atoms with Crippen molar-refractivity contribution in [2.45, 2.75) is 38.0 Å². The third-order valence-corrected chi connectivity index (χ3v) is 5.54. The van der Waals surface area contributed by atoms with E-state index in [-0.39, 0.29) is 0 Å². The number of hydrogen-bond donors (Lipinski definition) is 1. The van der Waals surface area contributed by atoms with Gasteiger partial charge >= 0.3 is 0 Å². The minimum atomic E-state index is 0.309. The second-order valence-corrected chi connectivity index (χ2v) is 7.76. The number of nitrogens with two attached hydrogens (primary N) is 1. The van der Waals surface area contributed by atoms with Crippen molar-refractivity contribution in [2.24, 2.45) is 12.8 Å². The van der Waals surface area contributed by atoms with E-state index in [1.807, 2.05) is 17.9 Å². The Balaban J connectivity index is 2.16. The molecule has 1 aromatic rings. The Morgan fingerprint density at radius 2 is 2.21 bits per heavy atom. The van der Waals surface area contributed by atoms with Gasteiger partial charge in [0, 0.05) is 48.4 Å². The third-order valence-electron chi connectivity index (χ3n) is 4.17. The highest BCUT2D eigenvalue weighted by atomic mass is 32.2. The predicted octanol–water partition coefficient (Wildman–Crippen LogP) is 1.95. The fourth-order valence-corrected chi connectivity index (χ4v) is 3.78. The molecule has 1 saturated heterocycles. The molecule has 0 amide bonds. The largest absolute Gasteiger partial charge is 0.329 e. The van der Waals surface area contributed by atoms with Gasteiger partial charge in [-0.1, -0.05) is 13.8 Å². The van der Waals surface area contributed by atoms with Gasteiger partial charge in [0.2, 0.25) is 0 Å².